The van der Waals surface area contributed by atoms with Crippen LogP contribution >= 0.6 is 24.8 Å². The molecule has 1 heterocycles. The van der Waals surface area contributed by atoms with Gasteiger partial charge in [0.2, 0.25) is 5.91 Å². The lowest BCUT2D eigenvalue weighted by Crippen LogP contribution is -2.29. The molecule has 0 fully saturated rings. The molecule has 0 spiro atoms. The SMILES string of the molecule is Cl.Cl.NC(=O)CC(N)CCOc1cccc(-c2cncc(C(=O)NCCO[N+](=O)[O-])c2)c1. The van der Waals surface area contributed by atoms with Gasteiger partial charge in [-0.1, -0.05) is 12.1 Å². The summed E-state index contributed by atoms with van der Waals surface area (Å²) in [5, 5.41) is 11.7. The molecule has 2 aromatic rings. The Morgan fingerprint density at radius 2 is 1.91 bits per heavy atom. The first kappa shape index (κ1) is 28.9. The molecule has 176 valence electrons. The van der Waals surface area contributed by atoms with E-state index in [-0.39, 0.29) is 50.4 Å². The number of carbonyl (C=O) groups is 2. The highest BCUT2D eigenvalue weighted by molar-refractivity contribution is 5.95. The van der Waals surface area contributed by atoms with Crippen molar-refractivity contribution in [2.45, 2.75) is 18.9 Å². The Balaban J connectivity index is 0.00000480. The van der Waals surface area contributed by atoms with Gasteiger partial charge >= 0.3 is 0 Å². The van der Waals surface area contributed by atoms with Crippen molar-refractivity contribution in [3.05, 3.63) is 58.4 Å². The number of carbonyl (C=O) groups excluding carboxylic acids is 2. The first-order chi connectivity index (χ1) is 14.3. The Kier molecular flexibility index (Phi) is 13.3. The molecule has 1 aromatic heterocycles. The second-order valence-corrected chi connectivity index (χ2v) is 6.37. The fraction of sp³-hybridized carbons (Fsp3) is 0.316. The van der Waals surface area contributed by atoms with E-state index < -0.39 is 16.9 Å². The molecule has 1 aromatic carbocycles. The maximum absolute atomic E-state index is 12.2. The van der Waals surface area contributed by atoms with Crippen LogP contribution in [0.2, 0.25) is 0 Å². The van der Waals surface area contributed by atoms with Crippen molar-refractivity contribution in [3.8, 4) is 16.9 Å². The lowest BCUT2D eigenvalue weighted by molar-refractivity contribution is -0.757. The summed E-state index contributed by atoms with van der Waals surface area (Å²) in [5.74, 6) is -0.274. The van der Waals surface area contributed by atoms with E-state index in [0.29, 0.717) is 29.9 Å². The van der Waals surface area contributed by atoms with Crippen LogP contribution in [0.15, 0.2) is 42.7 Å². The number of nitrogens with zero attached hydrogens (tertiary/aromatic N) is 2. The summed E-state index contributed by atoms with van der Waals surface area (Å²) < 4.78 is 5.68. The zero-order chi connectivity index (χ0) is 21.9. The molecule has 0 bridgehead atoms. The molecule has 13 heteroatoms. The number of amides is 2. The van der Waals surface area contributed by atoms with Crippen LogP contribution < -0.4 is 21.5 Å². The molecular weight excluding hydrogens is 465 g/mol. The van der Waals surface area contributed by atoms with Crippen LogP contribution in [-0.4, -0.2) is 47.7 Å². The van der Waals surface area contributed by atoms with Gasteiger partial charge in [0, 0.05) is 37.0 Å². The molecule has 0 aliphatic heterocycles. The Morgan fingerprint density at radius 3 is 2.59 bits per heavy atom. The predicted molar refractivity (Wildman–Crippen MR) is 121 cm³/mol. The summed E-state index contributed by atoms with van der Waals surface area (Å²) in [7, 11) is 0. The smallest absolute Gasteiger partial charge is 0.294 e. The largest absolute Gasteiger partial charge is 0.494 e. The number of rotatable bonds is 12. The normalized spacial score (nSPS) is 10.7. The van der Waals surface area contributed by atoms with Crippen molar-refractivity contribution in [1.29, 1.82) is 0 Å². The van der Waals surface area contributed by atoms with Crippen LogP contribution in [0.4, 0.5) is 0 Å². The van der Waals surface area contributed by atoms with Crippen molar-refractivity contribution >= 4 is 36.6 Å². The molecule has 5 N–H and O–H groups in total. The summed E-state index contributed by atoms with van der Waals surface area (Å²) in [5.41, 5.74) is 12.7. The van der Waals surface area contributed by atoms with Gasteiger partial charge in [0.1, 0.15) is 12.4 Å². The average Bonchev–Trinajstić information content (AvgIpc) is 2.70. The van der Waals surface area contributed by atoms with E-state index in [9.17, 15) is 19.7 Å². The zero-order valence-corrected chi connectivity index (χ0v) is 18.6. The van der Waals surface area contributed by atoms with E-state index in [2.05, 4.69) is 15.1 Å². The molecule has 32 heavy (non-hydrogen) atoms. The lowest BCUT2D eigenvalue weighted by Gasteiger charge is -2.12. The third kappa shape index (κ3) is 10.2. The highest BCUT2D eigenvalue weighted by atomic mass is 35.5. The quantitative estimate of drug-likeness (QED) is 0.228. The van der Waals surface area contributed by atoms with E-state index in [1.54, 1.807) is 30.5 Å². The summed E-state index contributed by atoms with van der Waals surface area (Å²) in [6, 6.07) is 8.51. The van der Waals surface area contributed by atoms with Crippen molar-refractivity contribution in [2.24, 2.45) is 11.5 Å². The van der Waals surface area contributed by atoms with Crippen molar-refractivity contribution < 1.29 is 24.3 Å². The van der Waals surface area contributed by atoms with Crippen LogP contribution in [0.25, 0.3) is 11.1 Å². The summed E-state index contributed by atoms with van der Waals surface area (Å²) in [6.45, 7) is 0.0738. The maximum Gasteiger partial charge on any atom is 0.294 e. The van der Waals surface area contributed by atoms with Crippen LogP contribution in [0.5, 0.6) is 5.75 Å². The Morgan fingerprint density at radius 1 is 1.16 bits per heavy atom. The highest BCUT2D eigenvalue weighted by Crippen LogP contribution is 2.24. The number of nitrogens with one attached hydrogen (secondary N) is 1. The summed E-state index contributed by atoms with van der Waals surface area (Å²) in [6.07, 6.45) is 3.58. The molecule has 0 aliphatic carbocycles. The number of hydrogen-bond donors (Lipinski definition) is 3. The second kappa shape index (κ2) is 14.8. The van der Waals surface area contributed by atoms with Crippen molar-refractivity contribution in [1.82, 2.24) is 10.3 Å². The number of aromatic nitrogens is 1. The fourth-order valence-electron chi connectivity index (χ4n) is 2.56. The number of nitrogens with two attached hydrogens (primary N) is 2. The third-order valence-corrected chi connectivity index (χ3v) is 3.97. The van der Waals surface area contributed by atoms with Gasteiger partial charge in [-0.15, -0.1) is 34.9 Å². The van der Waals surface area contributed by atoms with E-state index in [1.165, 1.54) is 6.20 Å². The Bertz CT molecular complexity index is 902. The molecule has 1 atom stereocenters. The van der Waals surface area contributed by atoms with E-state index in [4.69, 9.17) is 16.2 Å². The van der Waals surface area contributed by atoms with Gasteiger partial charge in [-0.05, 0) is 30.2 Å². The van der Waals surface area contributed by atoms with E-state index in [1.807, 2.05) is 6.07 Å². The standard InChI is InChI=1S/C19H23N5O6.2ClH/c20-16(10-18(21)25)4-6-29-17-3-1-2-13(9-17)14-8-15(12-22-11-14)19(26)23-5-7-30-24(27)28;;/h1-3,8-9,11-12,16H,4-7,10,20H2,(H2,21,25)(H,23,26);2*1H. The molecule has 11 nitrogen and oxygen atoms in total. The summed E-state index contributed by atoms with van der Waals surface area (Å²) >= 11 is 0. The number of halogens is 2. The van der Waals surface area contributed by atoms with Gasteiger partial charge in [-0.2, -0.15) is 0 Å². The third-order valence-electron chi connectivity index (χ3n) is 3.97. The molecule has 2 amide bonds. The number of primary amides is 1. The van der Waals surface area contributed by atoms with Gasteiger partial charge in [0.05, 0.1) is 12.2 Å². The van der Waals surface area contributed by atoms with Gasteiger partial charge in [0.15, 0.2) is 0 Å². The monoisotopic (exact) mass is 489 g/mol. The van der Waals surface area contributed by atoms with E-state index >= 15 is 0 Å². The fourth-order valence-corrected chi connectivity index (χ4v) is 2.56. The van der Waals surface area contributed by atoms with Crippen molar-refractivity contribution in [2.75, 3.05) is 19.8 Å². The number of ether oxygens (including phenoxy) is 1. The molecule has 0 saturated carbocycles. The molecule has 1 unspecified atom stereocenters. The van der Waals surface area contributed by atoms with Gasteiger partial charge in [-0.3, -0.25) is 14.6 Å². The minimum atomic E-state index is -0.922. The number of benzene rings is 1. The van der Waals surface area contributed by atoms with Crippen LogP contribution in [-0.2, 0) is 9.63 Å². The molecule has 0 aliphatic rings. The number of hydrogen-bond acceptors (Lipinski definition) is 8. The van der Waals surface area contributed by atoms with Gasteiger partial charge < -0.3 is 26.4 Å². The van der Waals surface area contributed by atoms with Crippen LogP contribution in [0, 0.1) is 10.1 Å². The summed E-state index contributed by atoms with van der Waals surface area (Å²) in [4.78, 5) is 41.4. The molecular formula is C19H25Cl2N5O6. The van der Waals surface area contributed by atoms with Crippen LogP contribution in [0.1, 0.15) is 23.2 Å². The minimum absolute atomic E-state index is 0. The molecule has 2 rings (SSSR count). The van der Waals surface area contributed by atoms with Gasteiger partial charge in [-0.25, -0.2) is 0 Å². The Hall–Kier alpha value is -3.15. The molecule has 0 radical (unpaired) electrons. The first-order valence-electron chi connectivity index (χ1n) is 9.13. The molecule has 0 saturated heterocycles. The average molecular weight is 490 g/mol. The number of pyridine rings is 1. The van der Waals surface area contributed by atoms with Gasteiger partial charge in [0.25, 0.3) is 11.0 Å². The maximum atomic E-state index is 12.2. The zero-order valence-electron chi connectivity index (χ0n) is 17.0. The van der Waals surface area contributed by atoms with Crippen molar-refractivity contribution in [3.63, 3.8) is 0 Å². The van der Waals surface area contributed by atoms with E-state index in [0.717, 1.165) is 5.56 Å². The van der Waals surface area contributed by atoms with Crippen LogP contribution in [0.3, 0.4) is 0 Å². The lowest BCUT2D eigenvalue weighted by atomic mass is 10.1. The Labute approximate surface area is 196 Å². The topological polar surface area (TPSA) is 173 Å². The highest BCUT2D eigenvalue weighted by Gasteiger charge is 2.10. The minimum Gasteiger partial charge on any atom is -0.494 e. The first-order valence-corrected chi connectivity index (χ1v) is 9.13. The second-order valence-electron chi connectivity index (χ2n) is 6.37. The predicted octanol–water partition coefficient (Wildman–Crippen LogP) is 1.50.